The number of nitrogens with zero attached hydrogens (tertiary/aromatic N) is 1. The molecular weight excluding hydrogens is 186 g/mol. The van der Waals surface area contributed by atoms with Crippen LogP contribution in [0.1, 0.15) is 26.7 Å². The first-order chi connectivity index (χ1) is 7.11. The molecule has 0 amide bonds. The van der Waals surface area contributed by atoms with Gasteiger partial charge in [-0.1, -0.05) is 13.8 Å². The maximum atomic E-state index is 3.90. The third kappa shape index (κ3) is 2.52. The Bertz CT molecular complexity index is 207. The Labute approximate surface area is 93.6 Å². The highest BCUT2D eigenvalue weighted by Crippen LogP contribution is 2.24. The minimum absolute atomic E-state index is 0.389. The first-order valence-electron chi connectivity index (χ1n) is 6.28. The molecule has 0 aromatic heterocycles. The molecule has 1 spiro atoms. The molecule has 2 rings (SSSR count). The lowest BCUT2D eigenvalue weighted by Crippen LogP contribution is -2.67. The minimum Gasteiger partial charge on any atom is -0.313 e. The van der Waals surface area contributed by atoms with E-state index < -0.39 is 0 Å². The zero-order chi connectivity index (χ0) is 10.9. The molecule has 2 saturated heterocycles. The van der Waals surface area contributed by atoms with Gasteiger partial charge in [0.2, 0.25) is 0 Å². The molecule has 0 aromatic rings. The van der Waals surface area contributed by atoms with Crippen molar-refractivity contribution in [2.45, 2.75) is 38.3 Å². The number of piperazine rings is 1. The first-order valence-corrected chi connectivity index (χ1v) is 6.28. The lowest BCUT2D eigenvalue weighted by Gasteiger charge is -2.48. The van der Waals surface area contributed by atoms with Crippen molar-refractivity contribution in [1.82, 2.24) is 15.5 Å². The molecule has 0 aliphatic carbocycles. The van der Waals surface area contributed by atoms with Crippen molar-refractivity contribution in [2.75, 3.05) is 33.2 Å². The van der Waals surface area contributed by atoms with Gasteiger partial charge in [0, 0.05) is 24.7 Å². The van der Waals surface area contributed by atoms with Gasteiger partial charge in [0.15, 0.2) is 0 Å². The van der Waals surface area contributed by atoms with Crippen LogP contribution in [0.15, 0.2) is 0 Å². The summed E-state index contributed by atoms with van der Waals surface area (Å²) in [5.41, 5.74) is 0.389. The largest absolute Gasteiger partial charge is 0.313 e. The number of likely N-dealkylation sites (tertiary alicyclic amines) is 1. The van der Waals surface area contributed by atoms with Gasteiger partial charge in [-0.3, -0.25) is 0 Å². The Morgan fingerprint density at radius 2 is 1.93 bits per heavy atom. The molecule has 3 nitrogen and oxygen atoms in total. The molecule has 2 aliphatic heterocycles. The molecule has 15 heavy (non-hydrogen) atoms. The Morgan fingerprint density at radius 3 is 2.53 bits per heavy atom. The molecule has 0 saturated carbocycles. The fraction of sp³-hybridized carbons (Fsp3) is 1.00. The Morgan fingerprint density at radius 1 is 1.27 bits per heavy atom. The van der Waals surface area contributed by atoms with Gasteiger partial charge < -0.3 is 15.5 Å². The van der Waals surface area contributed by atoms with Crippen molar-refractivity contribution in [2.24, 2.45) is 5.92 Å². The summed E-state index contributed by atoms with van der Waals surface area (Å²) in [5, 5.41) is 7.51. The van der Waals surface area contributed by atoms with E-state index in [9.17, 15) is 0 Å². The van der Waals surface area contributed by atoms with Gasteiger partial charge in [-0.05, 0) is 38.9 Å². The number of nitrogens with one attached hydrogen (secondary N) is 2. The van der Waals surface area contributed by atoms with Crippen LogP contribution in [0.25, 0.3) is 0 Å². The van der Waals surface area contributed by atoms with Gasteiger partial charge in [-0.15, -0.1) is 0 Å². The molecule has 0 bridgehead atoms. The van der Waals surface area contributed by atoms with Crippen molar-refractivity contribution in [3.05, 3.63) is 0 Å². The summed E-state index contributed by atoms with van der Waals surface area (Å²) in [4.78, 5) is 2.44. The van der Waals surface area contributed by atoms with E-state index in [-0.39, 0.29) is 0 Å². The average Bonchev–Trinajstić information content (AvgIpc) is 2.23. The van der Waals surface area contributed by atoms with Gasteiger partial charge in [0.05, 0.1) is 0 Å². The number of hydrogen-bond acceptors (Lipinski definition) is 3. The molecule has 0 radical (unpaired) electrons. The van der Waals surface area contributed by atoms with Crippen LogP contribution < -0.4 is 10.6 Å². The highest BCUT2D eigenvalue weighted by molar-refractivity contribution is 5.00. The standard InChI is InChI=1S/C12H25N3/c1-10(2)11-8-13-9-12(14-11)4-6-15(3)7-5-12/h10-11,13-14H,4-9H2,1-3H3. The van der Waals surface area contributed by atoms with Crippen LogP contribution in [0.3, 0.4) is 0 Å². The van der Waals surface area contributed by atoms with Crippen molar-refractivity contribution in [3.8, 4) is 0 Å². The lowest BCUT2D eigenvalue weighted by molar-refractivity contribution is 0.108. The zero-order valence-corrected chi connectivity index (χ0v) is 10.3. The summed E-state index contributed by atoms with van der Waals surface area (Å²) in [5.74, 6) is 0.731. The van der Waals surface area contributed by atoms with Crippen molar-refractivity contribution in [1.29, 1.82) is 0 Å². The quantitative estimate of drug-likeness (QED) is 0.667. The van der Waals surface area contributed by atoms with E-state index in [0.717, 1.165) is 19.0 Å². The molecular formula is C12H25N3. The van der Waals surface area contributed by atoms with E-state index in [4.69, 9.17) is 0 Å². The molecule has 2 aliphatic rings. The summed E-state index contributed by atoms with van der Waals surface area (Å²) in [6.45, 7) is 9.39. The van der Waals surface area contributed by atoms with Crippen LogP contribution in [-0.4, -0.2) is 49.7 Å². The second kappa shape index (κ2) is 4.40. The lowest BCUT2D eigenvalue weighted by atomic mass is 9.83. The van der Waals surface area contributed by atoms with Gasteiger partial charge >= 0.3 is 0 Å². The number of rotatable bonds is 1. The summed E-state index contributed by atoms with van der Waals surface area (Å²) in [6, 6.07) is 0.655. The van der Waals surface area contributed by atoms with Crippen molar-refractivity contribution < 1.29 is 0 Å². The van der Waals surface area contributed by atoms with E-state index in [2.05, 4.69) is 36.4 Å². The number of hydrogen-bond donors (Lipinski definition) is 2. The summed E-state index contributed by atoms with van der Waals surface area (Å²) in [6.07, 6.45) is 2.58. The van der Waals surface area contributed by atoms with E-state index in [0.29, 0.717) is 11.6 Å². The summed E-state index contributed by atoms with van der Waals surface area (Å²) >= 11 is 0. The molecule has 0 aromatic carbocycles. The van der Waals surface area contributed by atoms with E-state index in [1.807, 2.05) is 0 Å². The fourth-order valence-electron chi connectivity index (χ4n) is 2.73. The Hall–Kier alpha value is -0.120. The van der Waals surface area contributed by atoms with Gasteiger partial charge in [0.1, 0.15) is 0 Å². The second-order valence-corrected chi connectivity index (χ2v) is 5.71. The van der Waals surface area contributed by atoms with Gasteiger partial charge in [-0.25, -0.2) is 0 Å². The Kier molecular flexibility index (Phi) is 3.33. The van der Waals surface area contributed by atoms with E-state index in [1.54, 1.807) is 0 Å². The van der Waals surface area contributed by atoms with Crippen molar-refractivity contribution in [3.63, 3.8) is 0 Å². The maximum Gasteiger partial charge on any atom is 0.0333 e. The van der Waals surface area contributed by atoms with Crippen molar-refractivity contribution >= 4 is 0 Å². The summed E-state index contributed by atoms with van der Waals surface area (Å²) < 4.78 is 0. The smallest absolute Gasteiger partial charge is 0.0333 e. The molecule has 2 heterocycles. The van der Waals surface area contributed by atoms with Crippen LogP contribution in [-0.2, 0) is 0 Å². The Balaban J connectivity index is 1.96. The topological polar surface area (TPSA) is 27.3 Å². The van der Waals surface area contributed by atoms with Gasteiger partial charge in [-0.2, -0.15) is 0 Å². The highest BCUT2D eigenvalue weighted by atomic mass is 15.2. The molecule has 2 fully saturated rings. The molecule has 1 unspecified atom stereocenters. The van der Waals surface area contributed by atoms with E-state index in [1.165, 1.54) is 25.9 Å². The van der Waals surface area contributed by atoms with Crippen LogP contribution in [0.4, 0.5) is 0 Å². The van der Waals surface area contributed by atoms with Crippen LogP contribution in [0, 0.1) is 5.92 Å². The molecule has 2 N–H and O–H groups in total. The van der Waals surface area contributed by atoms with E-state index >= 15 is 0 Å². The molecule has 1 atom stereocenters. The summed E-state index contributed by atoms with van der Waals surface area (Å²) in [7, 11) is 2.23. The molecule has 88 valence electrons. The molecule has 3 heteroatoms. The first kappa shape index (κ1) is 11.4. The third-order valence-corrected chi connectivity index (χ3v) is 4.07. The zero-order valence-electron chi connectivity index (χ0n) is 10.3. The normalized spacial score (nSPS) is 32.4. The number of piperidine rings is 1. The van der Waals surface area contributed by atoms with Gasteiger partial charge in [0.25, 0.3) is 0 Å². The van der Waals surface area contributed by atoms with Crippen LogP contribution in [0.2, 0.25) is 0 Å². The maximum absolute atomic E-state index is 3.90. The predicted molar refractivity (Wildman–Crippen MR) is 64.1 cm³/mol. The SMILES string of the molecule is CC(C)C1CNCC2(CCN(C)CC2)N1. The van der Waals surface area contributed by atoms with Crippen LogP contribution >= 0.6 is 0 Å². The van der Waals surface area contributed by atoms with Crippen LogP contribution in [0.5, 0.6) is 0 Å². The fourth-order valence-corrected chi connectivity index (χ4v) is 2.73. The average molecular weight is 211 g/mol. The monoisotopic (exact) mass is 211 g/mol. The highest BCUT2D eigenvalue weighted by Gasteiger charge is 2.38. The predicted octanol–water partition coefficient (Wildman–Crippen LogP) is 0.668. The second-order valence-electron chi connectivity index (χ2n) is 5.71. The minimum atomic E-state index is 0.389. The third-order valence-electron chi connectivity index (χ3n) is 4.07.